The van der Waals surface area contributed by atoms with Crippen LogP contribution in [0.5, 0.6) is 0 Å². The van der Waals surface area contributed by atoms with Crippen LogP contribution in [-0.2, 0) is 16.0 Å². The van der Waals surface area contributed by atoms with E-state index in [9.17, 15) is 4.39 Å². The third-order valence-corrected chi connectivity index (χ3v) is 4.43. The van der Waals surface area contributed by atoms with Gasteiger partial charge in [-0.15, -0.1) is 24.0 Å². The second-order valence-corrected chi connectivity index (χ2v) is 6.20. The summed E-state index contributed by atoms with van der Waals surface area (Å²) in [6.07, 6.45) is 2.49. The first-order valence-electron chi connectivity index (χ1n) is 8.77. The van der Waals surface area contributed by atoms with Crippen LogP contribution in [0.1, 0.15) is 25.3 Å². The first kappa shape index (κ1) is 20.4. The predicted molar refractivity (Wildman–Crippen MR) is 107 cm³/mol. The van der Waals surface area contributed by atoms with Crippen molar-refractivity contribution in [1.29, 1.82) is 0 Å². The van der Waals surface area contributed by atoms with Crippen molar-refractivity contribution >= 4 is 29.9 Å². The minimum absolute atomic E-state index is 0. The van der Waals surface area contributed by atoms with E-state index >= 15 is 0 Å². The van der Waals surface area contributed by atoms with Gasteiger partial charge in [0.05, 0.1) is 19.3 Å². The lowest BCUT2D eigenvalue weighted by Gasteiger charge is -2.37. The first-order chi connectivity index (χ1) is 11.8. The summed E-state index contributed by atoms with van der Waals surface area (Å²) in [6.45, 7) is 6.54. The fourth-order valence-corrected chi connectivity index (χ4v) is 3.17. The number of benzene rings is 1. The number of rotatable bonds is 4. The zero-order chi connectivity index (χ0) is 16.8. The van der Waals surface area contributed by atoms with Gasteiger partial charge in [-0.3, -0.25) is 0 Å². The number of nitrogens with zero attached hydrogens (tertiary/aromatic N) is 2. The summed E-state index contributed by atoms with van der Waals surface area (Å²) in [6, 6.07) is 6.49. The molecule has 2 aliphatic heterocycles. The molecule has 2 unspecified atom stereocenters. The van der Waals surface area contributed by atoms with Gasteiger partial charge in [0.2, 0.25) is 0 Å². The van der Waals surface area contributed by atoms with Crippen LogP contribution >= 0.6 is 24.0 Å². The molecule has 0 aliphatic carbocycles. The SMILES string of the molecule is CCNC(=NCc1ccc(F)cc1)N1CCOC(C2CCCO2)C1.I. The van der Waals surface area contributed by atoms with Gasteiger partial charge < -0.3 is 19.7 Å². The molecule has 2 heterocycles. The molecule has 0 bridgehead atoms. The third-order valence-electron chi connectivity index (χ3n) is 4.43. The Morgan fingerprint density at radius 3 is 2.68 bits per heavy atom. The van der Waals surface area contributed by atoms with Gasteiger partial charge in [0, 0.05) is 26.2 Å². The minimum Gasteiger partial charge on any atom is -0.375 e. The zero-order valence-corrected chi connectivity index (χ0v) is 16.9. The molecular formula is C18H27FIN3O2. The average molecular weight is 463 g/mol. The topological polar surface area (TPSA) is 46.1 Å². The van der Waals surface area contributed by atoms with Crippen molar-refractivity contribution in [1.82, 2.24) is 10.2 Å². The van der Waals surface area contributed by atoms with Gasteiger partial charge in [-0.25, -0.2) is 9.38 Å². The number of aliphatic imine (C=N–C) groups is 1. The molecule has 2 fully saturated rings. The first-order valence-corrected chi connectivity index (χ1v) is 8.77. The molecule has 7 heteroatoms. The summed E-state index contributed by atoms with van der Waals surface area (Å²) in [4.78, 5) is 6.95. The lowest BCUT2D eigenvalue weighted by Crippen LogP contribution is -2.53. The van der Waals surface area contributed by atoms with Crippen LogP contribution in [0, 0.1) is 5.82 Å². The van der Waals surface area contributed by atoms with Crippen molar-refractivity contribution in [3.63, 3.8) is 0 Å². The van der Waals surface area contributed by atoms with E-state index < -0.39 is 0 Å². The van der Waals surface area contributed by atoms with Gasteiger partial charge in [-0.2, -0.15) is 0 Å². The normalized spacial score (nSPS) is 24.1. The minimum atomic E-state index is -0.220. The summed E-state index contributed by atoms with van der Waals surface area (Å²) in [7, 11) is 0. The van der Waals surface area contributed by atoms with E-state index in [0.717, 1.165) is 50.6 Å². The van der Waals surface area contributed by atoms with E-state index in [-0.39, 0.29) is 42.0 Å². The van der Waals surface area contributed by atoms with E-state index in [1.54, 1.807) is 12.1 Å². The van der Waals surface area contributed by atoms with Gasteiger partial charge in [0.1, 0.15) is 11.9 Å². The van der Waals surface area contributed by atoms with E-state index in [0.29, 0.717) is 13.2 Å². The second kappa shape index (κ2) is 10.3. The maximum Gasteiger partial charge on any atom is 0.194 e. The molecule has 0 amide bonds. The number of guanidine groups is 1. The quantitative estimate of drug-likeness (QED) is 0.424. The highest BCUT2D eigenvalue weighted by Gasteiger charge is 2.32. The van der Waals surface area contributed by atoms with Crippen LogP contribution in [0.2, 0.25) is 0 Å². The van der Waals surface area contributed by atoms with Crippen molar-refractivity contribution < 1.29 is 13.9 Å². The Labute approximate surface area is 166 Å². The molecule has 3 rings (SSSR count). The maximum absolute atomic E-state index is 13.0. The molecule has 2 aliphatic rings. The Bertz CT molecular complexity index is 550. The van der Waals surface area contributed by atoms with Crippen molar-refractivity contribution in [3.8, 4) is 0 Å². The number of ether oxygens (including phenoxy) is 2. The van der Waals surface area contributed by atoms with Crippen LogP contribution in [0.25, 0.3) is 0 Å². The van der Waals surface area contributed by atoms with Crippen molar-refractivity contribution in [3.05, 3.63) is 35.6 Å². The monoisotopic (exact) mass is 463 g/mol. The molecule has 1 N–H and O–H groups in total. The summed E-state index contributed by atoms with van der Waals surface area (Å²) < 4.78 is 24.7. The number of hydrogen-bond donors (Lipinski definition) is 1. The van der Waals surface area contributed by atoms with Crippen LogP contribution in [0.4, 0.5) is 4.39 Å². The van der Waals surface area contributed by atoms with Crippen LogP contribution in [0.3, 0.4) is 0 Å². The number of nitrogens with one attached hydrogen (secondary N) is 1. The molecule has 1 aromatic carbocycles. The third kappa shape index (κ3) is 5.79. The Hall–Kier alpha value is -0.930. The Balaban J connectivity index is 0.00000225. The van der Waals surface area contributed by atoms with Crippen molar-refractivity contribution in [2.45, 2.75) is 38.5 Å². The second-order valence-electron chi connectivity index (χ2n) is 6.20. The predicted octanol–water partition coefficient (Wildman–Crippen LogP) is 2.79. The number of halogens is 2. The van der Waals surface area contributed by atoms with E-state index in [1.807, 2.05) is 0 Å². The van der Waals surface area contributed by atoms with Crippen LogP contribution in [0.15, 0.2) is 29.3 Å². The molecule has 140 valence electrons. The van der Waals surface area contributed by atoms with Crippen molar-refractivity contribution in [2.24, 2.45) is 4.99 Å². The van der Waals surface area contributed by atoms with E-state index in [2.05, 4.69) is 17.1 Å². The largest absolute Gasteiger partial charge is 0.375 e. The molecule has 25 heavy (non-hydrogen) atoms. The van der Waals surface area contributed by atoms with E-state index in [4.69, 9.17) is 14.5 Å². The molecule has 0 spiro atoms. The van der Waals surface area contributed by atoms with Gasteiger partial charge in [-0.05, 0) is 37.5 Å². The fourth-order valence-electron chi connectivity index (χ4n) is 3.17. The average Bonchev–Trinajstić information content (AvgIpc) is 3.15. The summed E-state index contributed by atoms with van der Waals surface area (Å²) in [5.74, 6) is 0.662. The molecule has 0 radical (unpaired) electrons. The molecule has 1 aromatic rings. The molecule has 5 nitrogen and oxygen atoms in total. The van der Waals surface area contributed by atoms with Crippen molar-refractivity contribution in [2.75, 3.05) is 32.8 Å². The lowest BCUT2D eigenvalue weighted by atomic mass is 10.1. The smallest absolute Gasteiger partial charge is 0.194 e. The Kier molecular flexibility index (Phi) is 8.38. The number of morpholine rings is 1. The molecular weight excluding hydrogens is 436 g/mol. The van der Waals surface area contributed by atoms with Crippen LogP contribution < -0.4 is 5.32 Å². The van der Waals surface area contributed by atoms with E-state index in [1.165, 1.54) is 12.1 Å². The molecule has 2 saturated heterocycles. The van der Waals surface area contributed by atoms with Gasteiger partial charge in [0.25, 0.3) is 0 Å². The highest BCUT2D eigenvalue weighted by Crippen LogP contribution is 2.21. The molecule has 0 saturated carbocycles. The lowest BCUT2D eigenvalue weighted by molar-refractivity contribution is -0.0817. The standard InChI is InChI=1S/C18H26FN3O2.HI/c1-2-20-18(21-12-14-5-7-15(19)8-6-14)22-9-11-24-17(13-22)16-4-3-10-23-16;/h5-8,16-17H,2-4,9-13H2,1H3,(H,20,21);1H. The summed E-state index contributed by atoms with van der Waals surface area (Å²) in [5.41, 5.74) is 0.996. The Morgan fingerprint density at radius 1 is 1.24 bits per heavy atom. The highest BCUT2D eigenvalue weighted by atomic mass is 127. The fraction of sp³-hybridized carbons (Fsp3) is 0.611. The zero-order valence-electron chi connectivity index (χ0n) is 14.6. The molecule has 2 atom stereocenters. The van der Waals surface area contributed by atoms with Gasteiger partial charge in [-0.1, -0.05) is 12.1 Å². The summed E-state index contributed by atoms with van der Waals surface area (Å²) in [5, 5.41) is 3.35. The molecule has 0 aromatic heterocycles. The Morgan fingerprint density at radius 2 is 2.00 bits per heavy atom. The van der Waals surface area contributed by atoms with Gasteiger partial charge >= 0.3 is 0 Å². The number of hydrogen-bond acceptors (Lipinski definition) is 3. The van der Waals surface area contributed by atoms with Crippen LogP contribution in [-0.4, -0.2) is 55.9 Å². The highest BCUT2D eigenvalue weighted by molar-refractivity contribution is 14.0. The summed E-state index contributed by atoms with van der Waals surface area (Å²) >= 11 is 0. The maximum atomic E-state index is 13.0. The van der Waals surface area contributed by atoms with Gasteiger partial charge in [0.15, 0.2) is 5.96 Å².